The molecule has 0 amide bonds. The number of imidazole rings is 1. The molecule has 156 valence electrons. The average Bonchev–Trinajstić information content (AvgIpc) is 3.08. The van der Waals surface area contributed by atoms with Gasteiger partial charge in [-0.05, 0) is 35.9 Å². The molecule has 0 bridgehead atoms. The van der Waals surface area contributed by atoms with Crippen LogP contribution >= 0.6 is 0 Å². The highest BCUT2D eigenvalue weighted by Crippen LogP contribution is 2.32. The molecule has 0 spiro atoms. The van der Waals surface area contributed by atoms with Crippen molar-refractivity contribution in [2.75, 3.05) is 26.2 Å². The van der Waals surface area contributed by atoms with Crippen molar-refractivity contribution in [3.05, 3.63) is 42.0 Å². The minimum atomic E-state index is -3.26. The van der Waals surface area contributed by atoms with E-state index in [1.807, 2.05) is 38.1 Å². The molecule has 2 aromatic carbocycles. The van der Waals surface area contributed by atoms with Crippen molar-refractivity contribution in [2.24, 2.45) is 0 Å². The molecule has 7 nitrogen and oxygen atoms in total. The Morgan fingerprint density at radius 1 is 1.21 bits per heavy atom. The van der Waals surface area contributed by atoms with E-state index in [1.165, 1.54) is 0 Å². The minimum Gasteiger partial charge on any atom is -0.496 e. The van der Waals surface area contributed by atoms with Gasteiger partial charge in [-0.15, -0.1) is 0 Å². The number of benzene rings is 2. The summed E-state index contributed by atoms with van der Waals surface area (Å²) in [5, 5.41) is 0. The van der Waals surface area contributed by atoms with Crippen LogP contribution in [0.25, 0.3) is 22.4 Å². The zero-order chi connectivity index (χ0) is 21.4. The quantitative estimate of drug-likeness (QED) is 0.594. The first-order chi connectivity index (χ1) is 13.5. The summed E-state index contributed by atoms with van der Waals surface area (Å²) in [6.07, 6.45) is 2.78. The molecule has 29 heavy (non-hydrogen) atoms. The lowest BCUT2D eigenvalue weighted by molar-refractivity contribution is 0.415. The molecule has 1 atom stereocenters. The molecule has 2 N–H and O–H groups in total. The number of fused-ring (bicyclic) bond motifs is 1. The van der Waals surface area contributed by atoms with Gasteiger partial charge in [-0.2, -0.15) is 0 Å². The van der Waals surface area contributed by atoms with Gasteiger partial charge in [-0.3, -0.25) is 4.21 Å². The zero-order valence-corrected chi connectivity index (χ0v) is 18.7. The fraction of sp³-hybridized carbons (Fsp3) is 0.350. The molecule has 3 rings (SSSR count). The van der Waals surface area contributed by atoms with Crippen molar-refractivity contribution in [1.82, 2.24) is 14.7 Å². The lowest BCUT2D eigenvalue weighted by Gasteiger charge is -2.25. The molecule has 0 saturated heterocycles. The smallest absolute Gasteiger partial charge is 0.208 e. The summed E-state index contributed by atoms with van der Waals surface area (Å²) in [4.78, 5) is 8.65. The van der Waals surface area contributed by atoms with Gasteiger partial charge in [0.05, 0.1) is 30.0 Å². The van der Waals surface area contributed by atoms with E-state index in [4.69, 9.17) is 4.74 Å². The molecule has 0 radical (unpaired) electrons. The standard InChI is InChI=1S/C20H25N3O4S2/c1-20(2,12-21-29(5,25)26)13-6-9-16-17(10-13)23-19(22-16)15-8-7-14(28(4)24)11-18(15)27-3/h6-11,21H,12H2,1-5H3,(H,22,23). The van der Waals surface area contributed by atoms with Gasteiger partial charge < -0.3 is 9.72 Å². The number of sulfonamides is 1. The van der Waals surface area contributed by atoms with E-state index in [0.29, 0.717) is 23.0 Å². The van der Waals surface area contributed by atoms with Gasteiger partial charge >= 0.3 is 0 Å². The van der Waals surface area contributed by atoms with Gasteiger partial charge in [0.25, 0.3) is 0 Å². The molecule has 0 aliphatic rings. The monoisotopic (exact) mass is 435 g/mol. The Kier molecular flexibility index (Phi) is 5.84. The van der Waals surface area contributed by atoms with E-state index in [9.17, 15) is 12.6 Å². The maximum absolute atomic E-state index is 11.7. The Hall–Kier alpha value is -2.23. The number of aromatic amines is 1. The molecule has 0 saturated carbocycles. The minimum absolute atomic E-state index is 0.293. The van der Waals surface area contributed by atoms with Crippen molar-refractivity contribution in [3.63, 3.8) is 0 Å². The second kappa shape index (κ2) is 7.89. The van der Waals surface area contributed by atoms with Crippen molar-refractivity contribution in [3.8, 4) is 17.1 Å². The fourth-order valence-corrected chi connectivity index (χ4v) is 4.17. The van der Waals surface area contributed by atoms with E-state index in [1.54, 1.807) is 25.5 Å². The normalized spacial score (nSPS) is 13.6. The number of rotatable bonds is 7. The summed E-state index contributed by atoms with van der Waals surface area (Å²) < 4.78 is 42.7. The average molecular weight is 436 g/mol. The number of ether oxygens (including phenoxy) is 1. The first kappa shape index (κ1) is 21.5. The summed E-state index contributed by atoms with van der Waals surface area (Å²) in [5.41, 5.74) is 3.00. The molecule has 0 aliphatic carbocycles. The largest absolute Gasteiger partial charge is 0.496 e. The van der Waals surface area contributed by atoms with Gasteiger partial charge in [0.2, 0.25) is 10.0 Å². The van der Waals surface area contributed by atoms with Crippen LogP contribution in [-0.2, 0) is 26.2 Å². The third-order valence-corrected chi connectivity index (χ3v) is 6.39. The van der Waals surface area contributed by atoms with Crippen molar-refractivity contribution >= 4 is 31.9 Å². The first-order valence-electron chi connectivity index (χ1n) is 8.97. The van der Waals surface area contributed by atoms with E-state index in [2.05, 4.69) is 14.7 Å². The second-order valence-corrected chi connectivity index (χ2v) is 10.8. The van der Waals surface area contributed by atoms with Crippen LogP contribution in [0, 0.1) is 0 Å². The molecule has 0 aliphatic heterocycles. The SMILES string of the molecule is COc1cc(S(C)=O)ccc1-c1nc2ccc(C(C)(C)CNS(C)(=O)=O)cc2[nH]1. The highest BCUT2D eigenvalue weighted by molar-refractivity contribution is 7.88. The predicted molar refractivity (Wildman–Crippen MR) is 116 cm³/mol. The van der Waals surface area contributed by atoms with Crippen LogP contribution in [0.1, 0.15) is 19.4 Å². The van der Waals surface area contributed by atoms with Gasteiger partial charge in [0.1, 0.15) is 11.6 Å². The van der Waals surface area contributed by atoms with Crippen molar-refractivity contribution in [2.45, 2.75) is 24.2 Å². The number of hydrogen-bond acceptors (Lipinski definition) is 5. The Morgan fingerprint density at radius 2 is 1.93 bits per heavy atom. The van der Waals surface area contributed by atoms with Crippen LogP contribution in [0.5, 0.6) is 5.75 Å². The van der Waals surface area contributed by atoms with Crippen LogP contribution in [0.2, 0.25) is 0 Å². The van der Waals surface area contributed by atoms with Crippen LogP contribution in [0.15, 0.2) is 41.3 Å². The number of methoxy groups -OCH3 is 1. The number of hydrogen-bond donors (Lipinski definition) is 2. The Balaban J connectivity index is 1.99. The Bertz CT molecular complexity index is 1180. The summed E-state index contributed by atoms with van der Waals surface area (Å²) in [6, 6.07) is 11.2. The molecule has 9 heteroatoms. The Morgan fingerprint density at radius 3 is 2.55 bits per heavy atom. The first-order valence-corrected chi connectivity index (χ1v) is 12.4. The number of nitrogens with one attached hydrogen (secondary N) is 2. The number of nitrogens with zero attached hydrogens (tertiary/aromatic N) is 1. The predicted octanol–water partition coefficient (Wildman–Crippen LogP) is 2.80. The third kappa shape index (κ3) is 4.85. The highest BCUT2D eigenvalue weighted by atomic mass is 32.2. The molecule has 1 unspecified atom stereocenters. The lowest BCUT2D eigenvalue weighted by atomic mass is 9.85. The molecular weight excluding hydrogens is 410 g/mol. The molecule has 1 heterocycles. The summed E-state index contributed by atoms with van der Waals surface area (Å²) in [7, 11) is -2.80. The maximum atomic E-state index is 11.7. The van der Waals surface area contributed by atoms with Crippen LogP contribution in [0.3, 0.4) is 0 Å². The highest BCUT2D eigenvalue weighted by Gasteiger charge is 2.23. The van der Waals surface area contributed by atoms with E-state index in [0.717, 1.165) is 28.4 Å². The summed E-state index contributed by atoms with van der Waals surface area (Å²) >= 11 is 0. The number of H-pyrrole nitrogens is 1. The van der Waals surface area contributed by atoms with Crippen LogP contribution < -0.4 is 9.46 Å². The van der Waals surface area contributed by atoms with Gasteiger partial charge in [-0.25, -0.2) is 18.1 Å². The molecule has 3 aromatic rings. The van der Waals surface area contributed by atoms with Gasteiger partial charge in [-0.1, -0.05) is 19.9 Å². The van der Waals surface area contributed by atoms with E-state index < -0.39 is 26.2 Å². The second-order valence-electron chi connectivity index (χ2n) is 7.61. The number of aromatic nitrogens is 2. The van der Waals surface area contributed by atoms with Crippen molar-refractivity contribution < 1.29 is 17.4 Å². The summed E-state index contributed by atoms with van der Waals surface area (Å²) in [6.45, 7) is 4.26. The van der Waals surface area contributed by atoms with Crippen LogP contribution in [0.4, 0.5) is 0 Å². The van der Waals surface area contributed by atoms with E-state index in [-0.39, 0.29) is 0 Å². The fourth-order valence-electron chi connectivity index (χ4n) is 3.02. The third-order valence-electron chi connectivity index (χ3n) is 4.80. The maximum Gasteiger partial charge on any atom is 0.208 e. The molecule has 0 fully saturated rings. The summed E-state index contributed by atoms with van der Waals surface area (Å²) in [5.74, 6) is 1.24. The molecule has 1 aromatic heterocycles. The van der Waals surface area contributed by atoms with Gasteiger partial charge in [0, 0.05) is 33.9 Å². The Labute approximate surface area is 173 Å². The van der Waals surface area contributed by atoms with Crippen LogP contribution in [-0.4, -0.2) is 48.8 Å². The van der Waals surface area contributed by atoms with E-state index >= 15 is 0 Å². The molecular formula is C20H25N3O4S2. The van der Waals surface area contributed by atoms with Gasteiger partial charge in [0.15, 0.2) is 0 Å². The lowest BCUT2D eigenvalue weighted by Crippen LogP contribution is -2.36. The zero-order valence-electron chi connectivity index (χ0n) is 17.1. The van der Waals surface area contributed by atoms with Crippen molar-refractivity contribution in [1.29, 1.82) is 0 Å². The topological polar surface area (TPSA) is 101 Å².